The maximum atomic E-state index is 12.4. The molecule has 0 bridgehead atoms. The zero-order valence-electron chi connectivity index (χ0n) is 13.1. The van der Waals surface area contributed by atoms with Crippen LogP contribution < -0.4 is 16.0 Å². The molecule has 1 saturated heterocycles. The second-order valence-corrected chi connectivity index (χ2v) is 6.44. The minimum absolute atomic E-state index is 0. The fraction of sp³-hybridized carbons (Fsp3) is 0.294. The highest BCUT2D eigenvalue weighted by atomic mass is 35.5. The van der Waals surface area contributed by atoms with Gasteiger partial charge in [-0.2, -0.15) is 0 Å². The number of rotatable bonds is 4. The highest BCUT2D eigenvalue weighted by molar-refractivity contribution is 7.12. The zero-order valence-corrected chi connectivity index (χ0v) is 14.7. The van der Waals surface area contributed by atoms with Gasteiger partial charge in [-0.05, 0) is 49.5 Å². The van der Waals surface area contributed by atoms with Gasteiger partial charge in [0.25, 0.3) is 5.91 Å². The van der Waals surface area contributed by atoms with Crippen molar-refractivity contribution in [3.63, 3.8) is 0 Å². The van der Waals surface area contributed by atoms with Gasteiger partial charge in [0, 0.05) is 5.92 Å². The second-order valence-electron chi connectivity index (χ2n) is 5.49. The van der Waals surface area contributed by atoms with E-state index in [1.54, 1.807) is 12.1 Å². The van der Waals surface area contributed by atoms with Gasteiger partial charge in [0.2, 0.25) is 5.91 Å². The normalized spacial score (nSPS) is 14.5. The quantitative estimate of drug-likeness (QED) is 0.778. The molecule has 1 aliphatic rings. The minimum Gasteiger partial charge on any atom is -0.324 e. The molecule has 2 heterocycles. The lowest BCUT2D eigenvalue weighted by Gasteiger charge is -2.22. The zero-order chi connectivity index (χ0) is 16.1. The van der Waals surface area contributed by atoms with Crippen molar-refractivity contribution in [3.05, 3.63) is 46.7 Å². The molecule has 0 unspecified atom stereocenters. The number of anilines is 2. The van der Waals surface area contributed by atoms with Crippen LogP contribution >= 0.6 is 23.7 Å². The smallest absolute Gasteiger partial charge is 0.265 e. The predicted octanol–water partition coefficient (Wildman–Crippen LogP) is 3.36. The first-order chi connectivity index (χ1) is 11.2. The molecule has 3 N–H and O–H groups in total. The maximum Gasteiger partial charge on any atom is 0.265 e. The fourth-order valence-corrected chi connectivity index (χ4v) is 3.23. The van der Waals surface area contributed by atoms with Crippen LogP contribution in [0.4, 0.5) is 11.4 Å². The lowest BCUT2D eigenvalue weighted by atomic mass is 9.97. The van der Waals surface area contributed by atoms with E-state index in [-0.39, 0.29) is 30.1 Å². The molecule has 2 amide bonds. The van der Waals surface area contributed by atoms with Crippen LogP contribution in [-0.4, -0.2) is 24.9 Å². The minimum atomic E-state index is -0.163. The van der Waals surface area contributed by atoms with E-state index in [1.807, 2.05) is 29.6 Å². The SMILES string of the molecule is Cl.O=C(Nc1ccccc1NC(=O)C1CCNCC1)c1cccs1. The van der Waals surface area contributed by atoms with Crippen LogP contribution in [0.1, 0.15) is 22.5 Å². The van der Waals surface area contributed by atoms with E-state index in [0.717, 1.165) is 25.9 Å². The predicted molar refractivity (Wildman–Crippen MR) is 100 cm³/mol. The molecule has 7 heteroatoms. The first-order valence-electron chi connectivity index (χ1n) is 7.69. The molecule has 0 radical (unpaired) electrons. The monoisotopic (exact) mass is 365 g/mol. The van der Waals surface area contributed by atoms with Gasteiger partial charge >= 0.3 is 0 Å². The van der Waals surface area contributed by atoms with E-state index in [2.05, 4.69) is 16.0 Å². The van der Waals surface area contributed by atoms with Crippen LogP contribution in [-0.2, 0) is 4.79 Å². The van der Waals surface area contributed by atoms with Crippen LogP contribution in [0.2, 0.25) is 0 Å². The van der Waals surface area contributed by atoms with E-state index in [1.165, 1.54) is 11.3 Å². The molecular formula is C17H20ClN3O2S. The third kappa shape index (κ3) is 4.56. The topological polar surface area (TPSA) is 70.2 Å². The Kier molecular flexibility index (Phi) is 6.78. The van der Waals surface area contributed by atoms with Crippen molar-refractivity contribution >= 4 is 46.9 Å². The summed E-state index contributed by atoms with van der Waals surface area (Å²) in [6, 6.07) is 10.9. The summed E-state index contributed by atoms with van der Waals surface area (Å²) in [6.07, 6.45) is 1.69. The summed E-state index contributed by atoms with van der Waals surface area (Å²) in [5.74, 6) is -0.120. The Morgan fingerprint density at radius 3 is 2.29 bits per heavy atom. The summed E-state index contributed by atoms with van der Waals surface area (Å²) < 4.78 is 0. The fourth-order valence-electron chi connectivity index (χ4n) is 2.61. The number of piperidine rings is 1. The van der Waals surface area contributed by atoms with Crippen molar-refractivity contribution in [3.8, 4) is 0 Å². The largest absolute Gasteiger partial charge is 0.324 e. The number of para-hydroxylation sites is 2. The van der Waals surface area contributed by atoms with Crippen molar-refractivity contribution in [2.24, 2.45) is 5.92 Å². The number of carbonyl (C=O) groups is 2. The van der Waals surface area contributed by atoms with E-state index in [9.17, 15) is 9.59 Å². The lowest BCUT2D eigenvalue weighted by molar-refractivity contribution is -0.120. The molecule has 1 aromatic heterocycles. The molecular weight excluding hydrogens is 346 g/mol. The number of nitrogens with one attached hydrogen (secondary N) is 3. The number of carbonyl (C=O) groups excluding carboxylic acids is 2. The van der Waals surface area contributed by atoms with Crippen molar-refractivity contribution in [1.82, 2.24) is 5.32 Å². The molecule has 1 aromatic carbocycles. The van der Waals surface area contributed by atoms with Gasteiger partial charge in [0.05, 0.1) is 16.3 Å². The van der Waals surface area contributed by atoms with Gasteiger partial charge in [-0.15, -0.1) is 23.7 Å². The highest BCUT2D eigenvalue weighted by Gasteiger charge is 2.21. The molecule has 0 spiro atoms. The molecule has 5 nitrogen and oxygen atoms in total. The number of halogens is 1. The van der Waals surface area contributed by atoms with Gasteiger partial charge in [0.15, 0.2) is 0 Å². The second kappa shape index (κ2) is 8.82. The molecule has 0 aliphatic carbocycles. The van der Waals surface area contributed by atoms with Crippen molar-refractivity contribution in [2.75, 3.05) is 23.7 Å². The molecule has 1 aliphatic heterocycles. The first-order valence-corrected chi connectivity index (χ1v) is 8.57. The maximum absolute atomic E-state index is 12.4. The Hall–Kier alpha value is -1.89. The summed E-state index contributed by atoms with van der Waals surface area (Å²) in [4.78, 5) is 25.2. The van der Waals surface area contributed by atoms with Crippen LogP contribution in [0, 0.1) is 5.92 Å². The van der Waals surface area contributed by atoms with Crippen molar-refractivity contribution in [2.45, 2.75) is 12.8 Å². The number of thiophene rings is 1. The van der Waals surface area contributed by atoms with Crippen molar-refractivity contribution < 1.29 is 9.59 Å². The van der Waals surface area contributed by atoms with Crippen LogP contribution in [0.5, 0.6) is 0 Å². The van der Waals surface area contributed by atoms with E-state index in [0.29, 0.717) is 16.3 Å². The van der Waals surface area contributed by atoms with Crippen LogP contribution in [0.3, 0.4) is 0 Å². The Balaban J connectivity index is 0.00000208. The van der Waals surface area contributed by atoms with Gasteiger partial charge in [0.1, 0.15) is 0 Å². The average molecular weight is 366 g/mol. The Bertz CT molecular complexity index is 685. The Morgan fingerprint density at radius 1 is 1.00 bits per heavy atom. The van der Waals surface area contributed by atoms with Gasteiger partial charge in [-0.25, -0.2) is 0 Å². The molecule has 0 atom stereocenters. The molecule has 1 fully saturated rings. The third-order valence-electron chi connectivity index (χ3n) is 3.89. The molecule has 24 heavy (non-hydrogen) atoms. The van der Waals surface area contributed by atoms with E-state index >= 15 is 0 Å². The molecule has 3 rings (SSSR count). The molecule has 128 valence electrons. The number of hydrogen-bond acceptors (Lipinski definition) is 4. The van der Waals surface area contributed by atoms with E-state index in [4.69, 9.17) is 0 Å². The summed E-state index contributed by atoms with van der Waals surface area (Å²) in [6.45, 7) is 1.74. The summed E-state index contributed by atoms with van der Waals surface area (Å²) >= 11 is 1.39. The highest BCUT2D eigenvalue weighted by Crippen LogP contribution is 2.24. The lowest BCUT2D eigenvalue weighted by Crippen LogP contribution is -2.34. The Labute approximate surface area is 151 Å². The summed E-state index contributed by atoms with van der Waals surface area (Å²) in [5, 5.41) is 10.9. The van der Waals surface area contributed by atoms with Gasteiger partial charge in [-0.1, -0.05) is 18.2 Å². The molecule has 2 aromatic rings. The first kappa shape index (κ1) is 18.4. The number of benzene rings is 1. The van der Waals surface area contributed by atoms with Crippen LogP contribution in [0.25, 0.3) is 0 Å². The third-order valence-corrected chi connectivity index (χ3v) is 4.76. The van der Waals surface area contributed by atoms with Gasteiger partial charge in [-0.3, -0.25) is 9.59 Å². The van der Waals surface area contributed by atoms with Crippen LogP contribution in [0.15, 0.2) is 41.8 Å². The summed E-state index contributed by atoms with van der Waals surface area (Å²) in [7, 11) is 0. The number of hydrogen-bond donors (Lipinski definition) is 3. The average Bonchev–Trinajstić information content (AvgIpc) is 3.12. The van der Waals surface area contributed by atoms with E-state index < -0.39 is 0 Å². The van der Waals surface area contributed by atoms with Crippen molar-refractivity contribution in [1.29, 1.82) is 0 Å². The number of amides is 2. The Morgan fingerprint density at radius 2 is 1.67 bits per heavy atom. The molecule has 0 saturated carbocycles. The summed E-state index contributed by atoms with van der Waals surface area (Å²) in [5.41, 5.74) is 1.26. The standard InChI is InChI=1S/C17H19N3O2S.ClH/c21-16(12-7-9-18-10-8-12)19-13-4-1-2-5-14(13)20-17(22)15-6-3-11-23-15;/h1-6,11-12,18H,7-10H2,(H,19,21)(H,20,22);1H. The van der Waals surface area contributed by atoms with Gasteiger partial charge < -0.3 is 16.0 Å².